The summed E-state index contributed by atoms with van der Waals surface area (Å²) < 4.78 is 7.02. The van der Waals surface area contributed by atoms with E-state index in [1.165, 1.54) is 19.3 Å². The van der Waals surface area contributed by atoms with Crippen molar-refractivity contribution in [3.05, 3.63) is 47.2 Å². The number of quaternary nitrogens is 1. The van der Waals surface area contributed by atoms with Crippen molar-refractivity contribution in [3.63, 3.8) is 0 Å². The molecule has 7 heteroatoms. The van der Waals surface area contributed by atoms with Gasteiger partial charge in [-0.2, -0.15) is 0 Å². The molecular formula is C18H23IN3O3-. The van der Waals surface area contributed by atoms with Gasteiger partial charge < -0.3 is 39.4 Å². The number of carbonyl (C=O) groups is 1. The fourth-order valence-electron chi connectivity index (χ4n) is 3.37. The topological polar surface area (TPSA) is 83.8 Å². The van der Waals surface area contributed by atoms with Gasteiger partial charge in [-0.15, -0.1) is 0 Å². The van der Waals surface area contributed by atoms with E-state index >= 15 is 0 Å². The van der Waals surface area contributed by atoms with Crippen LogP contribution in [0, 0.1) is 5.21 Å². The summed E-state index contributed by atoms with van der Waals surface area (Å²) in [6.45, 7) is 2.09. The van der Waals surface area contributed by atoms with Crippen LogP contribution in [0.1, 0.15) is 61.1 Å². The molecule has 0 spiro atoms. The zero-order chi connectivity index (χ0) is 16.9. The number of imidazole rings is 1. The summed E-state index contributed by atoms with van der Waals surface area (Å²) in [4.78, 5) is 16.6. The van der Waals surface area contributed by atoms with E-state index in [-0.39, 0.29) is 29.9 Å². The Kier molecular flexibility index (Phi) is 7.39. The van der Waals surface area contributed by atoms with Crippen LogP contribution in [0.3, 0.4) is 0 Å². The van der Waals surface area contributed by atoms with Gasteiger partial charge in [-0.3, -0.25) is 4.57 Å². The minimum absolute atomic E-state index is 0. The van der Waals surface area contributed by atoms with Gasteiger partial charge in [0.25, 0.3) is 0 Å². The van der Waals surface area contributed by atoms with Gasteiger partial charge >= 0.3 is 5.97 Å². The highest BCUT2D eigenvalue weighted by Crippen LogP contribution is 2.33. The second kappa shape index (κ2) is 9.30. The number of carbonyl (C=O) groups excluding carboxylic acids is 1. The summed E-state index contributed by atoms with van der Waals surface area (Å²) in [5.41, 5.74) is 2.49. The first-order valence-corrected chi connectivity index (χ1v) is 8.54. The average molecular weight is 456 g/mol. The molecular weight excluding hydrogens is 433 g/mol. The number of nitrogens with zero attached hydrogens (tertiary/aromatic N) is 2. The number of hydrogen-bond acceptors (Lipinski definition) is 4. The molecule has 1 saturated carbocycles. The number of rotatable bonds is 5. The Balaban J connectivity index is 0.00000225. The van der Waals surface area contributed by atoms with E-state index in [0.717, 1.165) is 24.1 Å². The van der Waals surface area contributed by atoms with Gasteiger partial charge in [-0.1, -0.05) is 19.3 Å². The first-order chi connectivity index (χ1) is 11.7. The highest BCUT2D eigenvalue weighted by Gasteiger charge is 2.22. The Hall–Kier alpha value is -1.45. The lowest BCUT2D eigenvalue weighted by atomic mass is 9.88. The molecule has 0 atom stereocenters. The van der Waals surface area contributed by atoms with Gasteiger partial charge in [0.05, 0.1) is 12.2 Å². The smallest absolute Gasteiger partial charge is 0.338 e. The molecule has 25 heavy (non-hydrogen) atoms. The van der Waals surface area contributed by atoms with Crippen molar-refractivity contribution in [1.82, 2.24) is 9.55 Å². The average Bonchev–Trinajstić information content (AvgIpc) is 3.11. The van der Waals surface area contributed by atoms with Crippen LogP contribution in [0.2, 0.25) is 0 Å². The summed E-state index contributed by atoms with van der Waals surface area (Å²) in [5.74, 6) is 0.994. The third-order valence-corrected chi connectivity index (χ3v) is 4.57. The molecule has 0 unspecified atom stereocenters. The maximum absolute atomic E-state index is 12.0. The monoisotopic (exact) mass is 456 g/mol. The van der Waals surface area contributed by atoms with Crippen LogP contribution in [0.25, 0.3) is 5.69 Å². The molecule has 2 N–H and O–H groups in total. The minimum atomic E-state index is -0.379. The molecule has 3 rings (SSSR count). The van der Waals surface area contributed by atoms with Crippen molar-refractivity contribution >= 4 is 11.7 Å². The molecule has 2 aromatic rings. The molecule has 6 nitrogen and oxygen atoms in total. The Labute approximate surface area is 164 Å². The van der Waals surface area contributed by atoms with Crippen LogP contribution >= 0.6 is 0 Å². The Bertz CT molecular complexity index is 711. The molecule has 1 fully saturated rings. The van der Waals surface area contributed by atoms with Crippen molar-refractivity contribution in [2.24, 2.45) is 0 Å². The SMILES string of the molecule is CCOC(=O)c1ccc([NH2+][O-])c(-n2ccnc2C2CCCCC2)c1.[I-]. The molecule has 0 saturated heterocycles. The zero-order valence-electron chi connectivity index (χ0n) is 14.3. The van der Waals surface area contributed by atoms with E-state index in [4.69, 9.17) is 4.74 Å². The fourth-order valence-corrected chi connectivity index (χ4v) is 3.37. The fraction of sp³-hybridized carbons (Fsp3) is 0.444. The Morgan fingerprint density at radius 3 is 2.80 bits per heavy atom. The lowest BCUT2D eigenvalue weighted by molar-refractivity contribution is -0.496. The van der Waals surface area contributed by atoms with E-state index in [9.17, 15) is 10.0 Å². The van der Waals surface area contributed by atoms with E-state index in [1.807, 2.05) is 10.8 Å². The largest absolute Gasteiger partial charge is 1.00 e. The second-order valence-electron chi connectivity index (χ2n) is 6.10. The second-order valence-corrected chi connectivity index (χ2v) is 6.10. The van der Waals surface area contributed by atoms with Crippen molar-refractivity contribution in [3.8, 4) is 5.69 Å². The highest BCUT2D eigenvalue weighted by molar-refractivity contribution is 5.90. The van der Waals surface area contributed by atoms with E-state index < -0.39 is 0 Å². The minimum Gasteiger partial charge on any atom is -1.00 e. The molecule has 1 aromatic carbocycles. The summed E-state index contributed by atoms with van der Waals surface area (Å²) in [7, 11) is 0. The van der Waals surface area contributed by atoms with Crippen molar-refractivity contribution in [1.29, 1.82) is 0 Å². The van der Waals surface area contributed by atoms with Crippen LogP contribution < -0.4 is 29.5 Å². The number of esters is 1. The third kappa shape index (κ3) is 4.39. The van der Waals surface area contributed by atoms with E-state index in [1.54, 1.807) is 31.3 Å². The normalized spacial score (nSPS) is 14.8. The highest BCUT2D eigenvalue weighted by atomic mass is 127. The number of benzene rings is 1. The van der Waals surface area contributed by atoms with Crippen LogP contribution in [-0.4, -0.2) is 22.1 Å². The number of aromatic nitrogens is 2. The van der Waals surface area contributed by atoms with Gasteiger partial charge in [-0.25, -0.2) is 9.78 Å². The predicted molar refractivity (Wildman–Crippen MR) is 90.3 cm³/mol. The first-order valence-electron chi connectivity index (χ1n) is 8.54. The quantitative estimate of drug-likeness (QED) is 0.292. The lowest BCUT2D eigenvalue weighted by Gasteiger charge is -2.23. The molecule has 1 aromatic heterocycles. The summed E-state index contributed by atoms with van der Waals surface area (Å²) in [6, 6.07) is 5.01. The lowest BCUT2D eigenvalue weighted by Crippen LogP contribution is -3.00. The van der Waals surface area contributed by atoms with Gasteiger partial charge in [0.1, 0.15) is 11.5 Å². The van der Waals surface area contributed by atoms with E-state index in [0.29, 0.717) is 29.5 Å². The first kappa shape index (κ1) is 19.9. The molecule has 0 amide bonds. The summed E-state index contributed by atoms with van der Waals surface area (Å²) in [5, 5.41) is 11.5. The Morgan fingerprint density at radius 2 is 2.12 bits per heavy atom. The number of halogens is 1. The van der Waals surface area contributed by atoms with Crippen LogP contribution in [0.15, 0.2) is 30.6 Å². The number of hydrogen-bond donors (Lipinski definition) is 1. The molecule has 136 valence electrons. The van der Waals surface area contributed by atoms with Crippen molar-refractivity contribution < 1.29 is 39.0 Å². The summed E-state index contributed by atoms with van der Waals surface area (Å²) in [6.07, 6.45) is 9.55. The van der Waals surface area contributed by atoms with Gasteiger partial charge in [-0.05, 0) is 31.9 Å². The molecule has 0 aliphatic heterocycles. The maximum Gasteiger partial charge on any atom is 0.338 e. The number of nitrogens with two attached hydrogens (primary N) is 1. The van der Waals surface area contributed by atoms with E-state index in [2.05, 4.69) is 4.98 Å². The van der Waals surface area contributed by atoms with Crippen molar-refractivity contribution in [2.45, 2.75) is 44.9 Å². The van der Waals surface area contributed by atoms with Crippen LogP contribution in [0.5, 0.6) is 0 Å². The zero-order valence-corrected chi connectivity index (χ0v) is 16.4. The molecule has 1 heterocycles. The molecule has 0 bridgehead atoms. The van der Waals surface area contributed by atoms with Crippen LogP contribution in [-0.2, 0) is 4.74 Å². The van der Waals surface area contributed by atoms with Gasteiger partial charge in [0.15, 0.2) is 5.69 Å². The Morgan fingerprint density at radius 1 is 1.36 bits per heavy atom. The summed E-state index contributed by atoms with van der Waals surface area (Å²) >= 11 is 0. The molecule has 1 aliphatic rings. The standard InChI is InChI=1S/C18H23N3O3.HI/c1-2-24-18(22)14-8-9-15(20-23)16(12-14)21-11-10-19-17(21)13-6-4-3-5-7-13;/h8-13H,2-7,20H2,1H3;1H/p-1. The molecule has 0 radical (unpaired) electrons. The number of ether oxygens (including phenoxy) is 1. The van der Waals surface area contributed by atoms with Crippen molar-refractivity contribution in [2.75, 3.05) is 6.61 Å². The van der Waals surface area contributed by atoms with Gasteiger partial charge in [0, 0.05) is 24.4 Å². The van der Waals surface area contributed by atoms with Crippen LogP contribution in [0.4, 0.5) is 5.69 Å². The predicted octanol–water partition coefficient (Wildman–Crippen LogP) is -0.207. The maximum atomic E-state index is 12.0. The third-order valence-electron chi connectivity index (χ3n) is 4.57. The van der Waals surface area contributed by atoms with Gasteiger partial charge in [0.2, 0.25) is 0 Å². The molecule has 1 aliphatic carbocycles.